The first-order chi connectivity index (χ1) is 8.30. The summed E-state index contributed by atoms with van der Waals surface area (Å²) in [5.74, 6) is 0.936. The minimum atomic E-state index is 0.659. The van der Waals surface area contributed by atoms with Gasteiger partial charge in [-0.05, 0) is 43.5 Å². The zero-order valence-electron chi connectivity index (χ0n) is 11.3. The Labute approximate surface area is 105 Å². The van der Waals surface area contributed by atoms with Crippen molar-refractivity contribution in [2.75, 3.05) is 13.7 Å². The molecule has 2 heteroatoms. The van der Waals surface area contributed by atoms with E-state index in [1.807, 2.05) is 12.1 Å². The third-order valence-corrected chi connectivity index (χ3v) is 3.07. The van der Waals surface area contributed by atoms with Gasteiger partial charge in [0.25, 0.3) is 0 Å². The molecule has 0 fully saturated rings. The molecule has 0 saturated heterocycles. The topological polar surface area (TPSA) is 21.3 Å². The molecular weight excluding hydrogens is 210 g/mol. The van der Waals surface area contributed by atoms with Crippen molar-refractivity contribution in [3.8, 4) is 5.75 Å². The van der Waals surface area contributed by atoms with Crippen LogP contribution in [0.2, 0.25) is 0 Å². The summed E-state index contributed by atoms with van der Waals surface area (Å²) in [6.45, 7) is 5.49. The van der Waals surface area contributed by atoms with Crippen molar-refractivity contribution in [1.29, 1.82) is 0 Å². The van der Waals surface area contributed by atoms with Crippen LogP contribution in [0, 0.1) is 0 Å². The smallest absolute Gasteiger partial charge is 0.118 e. The predicted molar refractivity (Wildman–Crippen MR) is 73.7 cm³/mol. The molecule has 1 aromatic rings. The average Bonchev–Trinajstić information content (AvgIpc) is 2.37. The van der Waals surface area contributed by atoms with E-state index in [1.54, 1.807) is 7.11 Å². The van der Waals surface area contributed by atoms with Gasteiger partial charge < -0.3 is 10.1 Å². The van der Waals surface area contributed by atoms with Gasteiger partial charge in [-0.2, -0.15) is 0 Å². The van der Waals surface area contributed by atoms with Crippen LogP contribution in [0.15, 0.2) is 24.3 Å². The van der Waals surface area contributed by atoms with Crippen molar-refractivity contribution < 1.29 is 4.74 Å². The van der Waals surface area contributed by atoms with E-state index in [2.05, 4.69) is 31.3 Å². The Hall–Kier alpha value is -1.02. The molecule has 0 bridgehead atoms. The fourth-order valence-corrected chi connectivity index (χ4v) is 2.12. The van der Waals surface area contributed by atoms with Gasteiger partial charge in [0.15, 0.2) is 0 Å². The van der Waals surface area contributed by atoms with Crippen LogP contribution >= 0.6 is 0 Å². The van der Waals surface area contributed by atoms with E-state index in [-0.39, 0.29) is 0 Å². The van der Waals surface area contributed by atoms with E-state index in [1.165, 1.54) is 24.8 Å². The first-order valence-electron chi connectivity index (χ1n) is 6.66. The highest BCUT2D eigenvalue weighted by atomic mass is 16.5. The Morgan fingerprint density at radius 1 is 1.12 bits per heavy atom. The molecule has 1 unspecified atom stereocenters. The Morgan fingerprint density at radius 3 is 2.35 bits per heavy atom. The summed E-state index contributed by atoms with van der Waals surface area (Å²) in [6.07, 6.45) is 4.87. The second kappa shape index (κ2) is 8.13. The number of rotatable bonds is 8. The number of aryl methyl sites for hydroxylation is 1. The lowest BCUT2D eigenvalue weighted by Crippen LogP contribution is -2.29. The van der Waals surface area contributed by atoms with Crippen molar-refractivity contribution in [3.63, 3.8) is 0 Å². The lowest BCUT2D eigenvalue weighted by molar-refractivity contribution is 0.414. The van der Waals surface area contributed by atoms with E-state index in [0.717, 1.165) is 18.7 Å². The number of hydrogen-bond donors (Lipinski definition) is 1. The zero-order chi connectivity index (χ0) is 12.5. The van der Waals surface area contributed by atoms with Crippen LogP contribution in [0.5, 0.6) is 5.75 Å². The fraction of sp³-hybridized carbons (Fsp3) is 0.600. The van der Waals surface area contributed by atoms with Crippen molar-refractivity contribution in [2.24, 2.45) is 0 Å². The maximum atomic E-state index is 5.16. The largest absolute Gasteiger partial charge is 0.497 e. The first kappa shape index (κ1) is 14.0. The van der Waals surface area contributed by atoms with Gasteiger partial charge in [0, 0.05) is 6.04 Å². The van der Waals surface area contributed by atoms with E-state index < -0.39 is 0 Å². The molecule has 1 rings (SSSR count). The Morgan fingerprint density at radius 2 is 1.82 bits per heavy atom. The van der Waals surface area contributed by atoms with Gasteiger partial charge in [-0.3, -0.25) is 0 Å². The molecule has 0 aromatic heterocycles. The average molecular weight is 235 g/mol. The van der Waals surface area contributed by atoms with Crippen LogP contribution in [0.4, 0.5) is 0 Å². The Bertz CT molecular complexity index is 288. The SMILES string of the molecule is CCCC(CCc1ccc(OC)cc1)NCC. The summed E-state index contributed by atoms with van der Waals surface area (Å²) in [5, 5.41) is 3.55. The van der Waals surface area contributed by atoms with Gasteiger partial charge >= 0.3 is 0 Å². The monoisotopic (exact) mass is 235 g/mol. The highest BCUT2D eigenvalue weighted by Gasteiger charge is 2.06. The summed E-state index contributed by atoms with van der Waals surface area (Å²) >= 11 is 0. The van der Waals surface area contributed by atoms with Gasteiger partial charge in [-0.1, -0.05) is 32.4 Å². The first-order valence-corrected chi connectivity index (χ1v) is 6.66. The van der Waals surface area contributed by atoms with E-state index in [9.17, 15) is 0 Å². The molecule has 0 amide bonds. The van der Waals surface area contributed by atoms with Crippen molar-refractivity contribution >= 4 is 0 Å². The molecule has 0 aliphatic carbocycles. The van der Waals surface area contributed by atoms with Crippen LogP contribution < -0.4 is 10.1 Å². The standard InChI is InChI=1S/C15H25NO/c1-4-6-14(16-5-2)10-7-13-8-11-15(17-3)12-9-13/h8-9,11-12,14,16H,4-7,10H2,1-3H3. The predicted octanol–water partition coefficient (Wildman–Crippen LogP) is 3.41. The van der Waals surface area contributed by atoms with Crippen LogP contribution in [0.3, 0.4) is 0 Å². The Balaban J connectivity index is 2.41. The van der Waals surface area contributed by atoms with Gasteiger partial charge in [-0.15, -0.1) is 0 Å². The van der Waals surface area contributed by atoms with Gasteiger partial charge in [0.1, 0.15) is 5.75 Å². The second-order valence-electron chi connectivity index (χ2n) is 4.43. The fourth-order valence-electron chi connectivity index (χ4n) is 2.12. The maximum Gasteiger partial charge on any atom is 0.118 e. The summed E-state index contributed by atoms with van der Waals surface area (Å²) in [7, 11) is 1.71. The van der Waals surface area contributed by atoms with E-state index in [0.29, 0.717) is 6.04 Å². The normalized spacial score (nSPS) is 12.4. The number of methoxy groups -OCH3 is 1. The number of nitrogens with one attached hydrogen (secondary N) is 1. The summed E-state index contributed by atoms with van der Waals surface area (Å²) in [4.78, 5) is 0. The molecule has 2 nitrogen and oxygen atoms in total. The Kier molecular flexibility index (Phi) is 6.71. The molecule has 0 aliphatic rings. The zero-order valence-corrected chi connectivity index (χ0v) is 11.3. The van der Waals surface area contributed by atoms with Gasteiger partial charge in [0.05, 0.1) is 7.11 Å². The highest BCUT2D eigenvalue weighted by molar-refractivity contribution is 5.27. The van der Waals surface area contributed by atoms with E-state index >= 15 is 0 Å². The van der Waals surface area contributed by atoms with Crippen LogP contribution in [0.1, 0.15) is 38.7 Å². The number of benzene rings is 1. The lowest BCUT2D eigenvalue weighted by Gasteiger charge is -2.16. The van der Waals surface area contributed by atoms with Crippen molar-refractivity contribution in [3.05, 3.63) is 29.8 Å². The molecule has 1 N–H and O–H groups in total. The van der Waals surface area contributed by atoms with Gasteiger partial charge in [-0.25, -0.2) is 0 Å². The van der Waals surface area contributed by atoms with Crippen molar-refractivity contribution in [1.82, 2.24) is 5.32 Å². The van der Waals surface area contributed by atoms with E-state index in [4.69, 9.17) is 4.74 Å². The van der Waals surface area contributed by atoms with Gasteiger partial charge in [0.2, 0.25) is 0 Å². The lowest BCUT2D eigenvalue weighted by atomic mass is 10.0. The highest BCUT2D eigenvalue weighted by Crippen LogP contribution is 2.14. The minimum Gasteiger partial charge on any atom is -0.497 e. The third-order valence-electron chi connectivity index (χ3n) is 3.07. The molecule has 1 aromatic carbocycles. The summed E-state index contributed by atoms with van der Waals surface area (Å²) in [5.41, 5.74) is 1.39. The van der Waals surface area contributed by atoms with Crippen LogP contribution in [-0.2, 0) is 6.42 Å². The molecule has 0 aliphatic heterocycles. The number of hydrogen-bond acceptors (Lipinski definition) is 2. The third kappa shape index (κ3) is 5.22. The molecule has 96 valence electrons. The summed E-state index contributed by atoms with van der Waals surface area (Å²) in [6, 6.07) is 9.06. The minimum absolute atomic E-state index is 0.659. The van der Waals surface area contributed by atoms with Crippen molar-refractivity contribution in [2.45, 2.75) is 45.6 Å². The molecule has 1 atom stereocenters. The molecule has 0 heterocycles. The molecule has 17 heavy (non-hydrogen) atoms. The van der Waals surface area contributed by atoms with Crippen LogP contribution in [0.25, 0.3) is 0 Å². The molecule has 0 saturated carbocycles. The second-order valence-corrected chi connectivity index (χ2v) is 4.43. The molecule has 0 spiro atoms. The molecular formula is C15H25NO. The number of ether oxygens (including phenoxy) is 1. The van der Waals surface area contributed by atoms with Crippen LogP contribution in [-0.4, -0.2) is 19.7 Å². The molecule has 0 radical (unpaired) electrons. The maximum absolute atomic E-state index is 5.16. The summed E-state index contributed by atoms with van der Waals surface area (Å²) < 4.78 is 5.16. The quantitative estimate of drug-likeness (QED) is 0.745.